The molecule has 100 valence electrons. The Bertz CT molecular complexity index is 655. The van der Waals surface area contributed by atoms with Gasteiger partial charge in [0.25, 0.3) is 5.89 Å². The Morgan fingerprint density at radius 1 is 1.05 bits per heavy atom. The van der Waals surface area contributed by atoms with Crippen molar-refractivity contribution in [3.8, 4) is 5.75 Å². The SMILES string of the molecule is c1ccc(OCc2nnc(Nc3cccnc3)o2)cc1. The van der Waals surface area contributed by atoms with E-state index in [4.69, 9.17) is 9.15 Å². The van der Waals surface area contributed by atoms with E-state index in [0.29, 0.717) is 11.9 Å². The van der Waals surface area contributed by atoms with Gasteiger partial charge in [0.05, 0.1) is 11.9 Å². The predicted molar refractivity (Wildman–Crippen MR) is 72.6 cm³/mol. The zero-order chi connectivity index (χ0) is 13.6. The number of benzene rings is 1. The highest BCUT2D eigenvalue weighted by Gasteiger charge is 2.06. The van der Waals surface area contributed by atoms with Crippen molar-refractivity contribution in [3.63, 3.8) is 0 Å². The fourth-order valence-corrected chi connectivity index (χ4v) is 1.58. The van der Waals surface area contributed by atoms with Gasteiger partial charge in [-0.1, -0.05) is 23.3 Å². The summed E-state index contributed by atoms with van der Waals surface area (Å²) in [5.41, 5.74) is 0.784. The second-order valence-electron chi connectivity index (χ2n) is 3.97. The number of hydrogen-bond donors (Lipinski definition) is 1. The molecular weight excluding hydrogens is 256 g/mol. The molecule has 0 amide bonds. The van der Waals surface area contributed by atoms with E-state index in [1.165, 1.54) is 0 Å². The summed E-state index contributed by atoms with van der Waals surface area (Å²) in [6, 6.07) is 13.4. The Kier molecular flexibility index (Phi) is 3.55. The number of ether oxygens (including phenoxy) is 1. The van der Waals surface area contributed by atoms with Crippen LogP contribution >= 0.6 is 0 Å². The second-order valence-corrected chi connectivity index (χ2v) is 3.97. The van der Waals surface area contributed by atoms with Gasteiger partial charge in [0.1, 0.15) is 5.75 Å². The minimum atomic E-state index is 0.228. The first kappa shape index (κ1) is 12.2. The van der Waals surface area contributed by atoms with E-state index in [0.717, 1.165) is 11.4 Å². The number of anilines is 2. The lowest BCUT2D eigenvalue weighted by Crippen LogP contribution is -1.95. The van der Waals surface area contributed by atoms with Crippen LogP contribution in [0, 0.1) is 0 Å². The van der Waals surface area contributed by atoms with Gasteiger partial charge < -0.3 is 14.5 Å². The molecule has 0 fully saturated rings. The van der Waals surface area contributed by atoms with E-state index >= 15 is 0 Å². The van der Waals surface area contributed by atoms with Crippen molar-refractivity contribution in [2.75, 3.05) is 5.32 Å². The maximum atomic E-state index is 5.52. The van der Waals surface area contributed by atoms with Crippen LogP contribution in [0.5, 0.6) is 5.75 Å². The minimum Gasteiger partial charge on any atom is -0.484 e. The molecule has 0 aliphatic heterocycles. The van der Waals surface area contributed by atoms with Crippen molar-refractivity contribution >= 4 is 11.7 Å². The minimum absolute atomic E-state index is 0.228. The van der Waals surface area contributed by atoms with E-state index in [9.17, 15) is 0 Å². The quantitative estimate of drug-likeness (QED) is 0.767. The number of nitrogens with zero attached hydrogens (tertiary/aromatic N) is 3. The highest BCUT2D eigenvalue weighted by atomic mass is 16.5. The zero-order valence-electron chi connectivity index (χ0n) is 10.6. The van der Waals surface area contributed by atoms with Gasteiger partial charge in [0.15, 0.2) is 6.61 Å². The van der Waals surface area contributed by atoms with Gasteiger partial charge in [0, 0.05) is 6.20 Å². The summed E-state index contributed by atoms with van der Waals surface area (Å²) < 4.78 is 10.9. The molecule has 2 aromatic heterocycles. The molecule has 6 nitrogen and oxygen atoms in total. The highest BCUT2D eigenvalue weighted by molar-refractivity contribution is 5.49. The van der Waals surface area contributed by atoms with E-state index in [1.807, 2.05) is 42.5 Å². The second kappa shape index (κ2) is 5.83. The first-order valence-corrected chi connectivity index (χ1v) is 6.07. The molecule has 6 heteroatoms. The molecule has 0 aliphatic carbocycles. The standard InChI is InChI=1S/C14H12N4O2/c1-2-6-12(7-3-1)19-10-13-17-18-14(20-13)16-11-5-4-8-15-9-11/h1-9H,10H2,(H,16,18). The third-order valence-corrected chi connectivity index (χ3v) is 2.49. The summed E-state index contributed by atoms with van der Waals surface area (Å²) in [6.07, 6.45) is 3.36. The first-order valence-electron chi connectivity index (χ1n) is 6.07. The maximum absolute atomic E-state index is 5.52. The average molecular weight is 268 g/mol. The summed E-state index contributed by atoms with van der Waals surface area (Å²) in [4.78, 5) is 3.99. The molecule has 0 bridgehead atoms. The molecular formula is C14H12N4O2. The lowest BCUT2D eigenvalue weighted by atomic mass is 10.3. The molecule has 0 unspecified atom stereocenters. The Balaban J connectivity index is 1.60. The van der Waals surface area contributed by atoms with Crippen molar-refractivity contribution < 1.29 is 9.15 Å². The molecule has 3 aromatic rings. The van der Waals surface area contributed by atoms with Gasteiger partial charge >= 0.3 is 6.01 Å². The molecule has 20 heavy (non-hydrogen) atoms. The fraction of sp³-hybridized carbons (Fsp3) is 0.0714. The van der Waals surface area contributed by atoms with Gasteiger partial charge in [-0.25, -0.2) is 0 Å². The summed E-state index contributed by atoms with van der Waals surface area (Å²) in [5.74, 6) is 1.16. The molecule has 0 aliphatic rings. The molecule has 0 saturated heterocycles. The Labute approximate surface area is 115 Å². The van der Waals surface area contributed by atoms with Crippen LogP contribution < -0.4 is 10.1 Å². The van der Waals surface area contributed by atoms with Crippen molar-refractivity contribution in [2.24, 2.45) is 0 Å². The molecule has 1 aromatic carbocycles. The number of aromatic nitrogens is 3. The Morgan fingerprint density at radius 2 is 1.95 bits per heavy atom. The monoisotopic (exact) mass is 268 g/mol. The maximum Gasteiger partial charge on any atom is 0.320 e. The zero-order valence-corrected chi connectivity index (χ0v) is 10.6. The molecule has 1 N–H and O–H groups in total. The van der Waals surface area contributed by atoms with Crippen molar-refractivity contribution in [1.82, 2.24) is 15.2 Å². The van der Waals surface area contributed by atoms with E-state index < -0.39 is 0 Å². The lowest BCUT2D eigenvalue weighted by molar-refractivity contribution is 0.265. The molecule has 0 spiro atoms. The smallest absolute Gasteiger partial charge is 0.320 e. The van der Waals surface area contributed by atoms with Gasteiger partial charge in [-0.2, -0.15) is 0 Å². The third kappa shape index (κ3) is 3.11. The average Bonchev–Trinajstić information content (AvgIpc) is 2.95. The van der Waals surface area contributed by atoms with Crippen molar-refractivity contribution in [3.05, 3.63) is 60.7 Å². The highest BCUT2D eigenvalue weighted by Crippen LogP contribution is 2.15. The summed E-state index contributed by atoms with van der Waals surface area (Å²) in [5, 5.41) is 10.8. The molecule has 0 saturated carbocycles. The molecule has 3 rings (SSSR count). The van der Waals surface area contributed by atoms with Crippen molar-refractivity contribution in [2.45, 2.75) is 6.61 Å². The van der Waals surface area contributed by atoms with Crippen LogP contribution in [0.2, 0.25) is 0 Å². The van der Waals surface area contributed by atoms with Crippen LogP contribution in [0.3, 0.4) is 0 Å². The topological polar surface area (TPSA) is 73.1 Å². The number of nitrogens with one attached hydrogen (secondary N) is 1. The number of rotatable bonds is 5. The third-order valence-electron chi connectivity index (χ3n) is 2.49. The van der Waals surface area contributed by atoms with Crippen LogP contribution in [0.1, 0.15) is 5.89 Å². The summed E-state index contributed by atoms with van der Waals surface area (Å²) in [6.45, 7) is 0.228. The van der Waals surface area contributed by atoms with Crippen molar-refractivity contribution in [1.29, 1.82) is 0 Å². The number of hydrogen-bond acceptors (Lipinski definition) is 6. The fourth-order valence-electron chi connectivity index (χ4n) is 1.58. The summed E-state index contributed by atoms with van der Waals surface area (Å²) in [7, 11) is 0. The normalized spacial score (nSPS) is 10.2. The Hall–Kier alpha value is -2.89. The van der Waals surface area contributed by atoms with Crippen LogP contribution in [-0.2, 0) is 6.61 Å². The van der Waals surface area contributed by atoms with Gasteiger partial charge in [-0.3, -0.25) is 4.98 Å². The van der Waals surface area contributed by atoms with Gasteiger partial charge in [0.2, 0.25) is 0 Å². The molecule has 2 heterocycles. The van der Waals surface area contributed by atoms with Crippen LogP contribution in [0.4, 0.5) is 11.7 Å². The van der Waals surface area contributed by atoms with E-state index in [-0.39, 0.29) is 6.61 Å². The molecule has 0 atom stereocenters. The van der Waals surface area contributed by atoms with Crippen LogP contribution in [0.25, 0.3) is 0 Å². The van der Waals surface area contributed by atoms with Gasteiger partial charge in [-0.05, 0) is 24.3 Å². The molecule has 0 radical (unpaired) electrons. The van der Waals surface area contributed by atoms with E-state index in [1.54, 1.807) is 12.4 Å². The van der Waals surface area contributed by atoms with Crippen LogP contribution in [0.15, 0.2) is 59.3 Å². The Morgan fingerprint density at radius 3 is 2.75 bits per heavy atom. The number of pyridine rings is 1. The predicted octanol–water partition coefficient (Wildman–Crippen LogP) is 2.79. The van der Waals surface area contributed by atoms with E-state index in [2.05, 4.69) is 20.5 Å². The van der Waals surface area contributed by atoms with Crippen LogP contribution in [-0.4, -0.2) is 15.2 Å². The summed E-state index contributed by atoms with van der Waals surface area (Å²) >= 11 is 0. The van der Waals surface area contributed by atoms with Gasteiger partial charge in [-0.15, -0.1) is 5.10 Å². The lowest BCUT2D eigenvalue weighted by Gasteiger charge is -2.01. The largest absolute Gasteiger partial charge is 0.484 e. The number of para-hydroxylation sites is 1. The first-order chi connectivity index (χ1) is 9.90.